The second kappa shape index (κ2) is 8.76. The van der Waals surface area contributed by atoms with Crippen LogP contribution in [0, 0.1) is 5.92 Å². The molecule has 0 unspecified atom stereocenters. The molecule has 0 aromatic heterocycles. The quantitative estimate of drug-likeness (QED) is 0.784. The first kappa shape index (κ1) is 17.7. The van der Waals surface area contributed by atoms with Crippen molar-refractivity contribution < 1.29 is 4.79 Å². The summed E-state index contributed by atoms with van der Waals surface area (Å²) in [5, 5.41) is 2.90. The Morgan fingerprint density at radius 1 is 1.28 bits per heavy atom. The van der Waals surface area contributed by atoms with Gasteiger partial charge in [-0.1, -0.05) is 32.1 Å². The first-order chi connectivity index (χ1) is 7.97. The van der Waals surface area contributed by atoms with Gasteiger partial charge in [0.05, 0.1) is 0 Å². The third kappa shape index (κ3) is 8.76. The average molecular weight is 277 g/mol. The van der Waals surface area contributed by atoms with Crippen molar-refractivity contribution >= 4 is 18.3 Å². The number of hydrogen-bond acceptors (Lipinski definition) is 2. The van der Waals surface area contributed by atoms with Crippen LogP contribution in [-0.4, -0.2) is 18.0 Å². The Morgan fingerprint density at radius 2 is 1.89 bits per heavy atom. The highest BCUT2D eigenvalue weighted by Crippen LogP contribution is 2.27. The van der Waals surface area contributed by atoms with Gasteiger partial charge in [0, 0.05) is 18.5 Å². The summed E-state index contributed by atoms with van der Waals surface area (Å²) in [4.78, 5) is 11.6. The summed E-state index contributed by atoms with van der Waals surface area (Å²) in [5.41, 5.74) is 5.51. The highest BCUT2D eigenvalue weighted by molar-refractivity contribution is 5.85. The smallest absolute Gasteiger partial charge is 0.220 e. The zero-order chi connectivity index (χ0) is 12.7. The summed E-state index contributed by atoms with van der Waals surface area (Å²) in [7, 11) is 0. The van der Waals surface area contributed by atoms with Gasteiger partial charge >= 0.3 is 0 Å². The lowest BCUT2D eigenvalue weighted by molar-refractivity contribution is -0.121. The van der Waals surface area contributed by atoms with Crippen LogP contribution in [0.4, 0.5) is 0 Å². The van der Waals surface area contributed by atoms with Gasteiger partial charge in [0.25, 0.3) is 0 Å². The van der Waals surface area contributed by atoms with Crippen LogP contribution in [0.3, 0.4) is 0 Å². The van der Waals surface area contributed by atoms with Crippen LogP contribution in [-0.2, 0) is 4.79 Å². The van der Waals surface area contributed by atoms with Gasteiger partial charge in [0.15, 0.2) is 0 Å². The van der Waals surface area contributed by atoms with Crippen molar-refractivity contribution in [1.29, 1.82) is 0 Å². The predicted octanol–water partition coefficient (Wildman–Crippen LogP) is 3.01. The molecule has 4 heteroatoms. The number of nitrogens with two attached hydrogens (primary N) is 1. The molecule has 1 rings (SSSR count). The summed E-state index contributed by atoms with van der Waals surface area (Å²) in [5.74, 6) is 1.03. The normalized spacial score (nSPS) is 17.1. The third-order valence-electron chi connectivity index (χ3n) is 3.48. The molecule has 1 aliphatic carbocycles. The van der Waals surface area contributed by atoms with Crippen LogP contribution >= 0.6 is 12.4 Å². The van der Waals surface area contributed by atoms with Gasteiger partial charge in [-0.15, -0.1) is 12.4 Å². The number of nitrogens with one attached hydrogen (secondary N) is 1. The van der Waals surface area contributed by atoms with Gasteiger partial charge in [-0.25, -0.2) is 0 Å². The number of rotatable bonds is 6. The molecule has 3 N–H and O–H groups in total. The molecule has 0 spiro atoms. The van der Waals surface area contributed by atoms with Crippen LogP contribution in [0.25, 0.3) is 0 Å². The summed E-state index contributed by atoms with van der Waals surface area (Å²) in [6.07, 6.45) is 9.83. The first-order valence-corrected chi connectivity index (χ1v) is 7.03. The van der Waals surface area contributed by atoms with Crippen molar-refractivity contribution in [2.75, 3.05) is 6.54 Å². The number of hydrogen-bond donors (Lipinski definition) is 2. The zero-order valence-electron chi connectivity index (χ0n) is 11.8. The second-order valence-corrected chi connectivity index (χ2v) is 6.16. The molecule has 0 saturated heterocycles. The van der Waals surface area contributed by atoms with E-state index in [1.165, 1.54) is 38.5 Å². The summed E-state index contributed by atoms with van der Waals surface area (Å²) < 4.78 is 0. The molecule has 1 aliphatic rings. The Morgan fingerprint density at radius 3 is 2.44 bits per heavy atom. The summed E-state index contributed by atoms with van der Waals surface area (Å²) in [6.45, 7) is 4.42. The lowest BCUT2D eigenvalue weighted by Crippen LogP contribution is -2.45. The van der Waals surface area contributed by atoms with Crippen LogP contribution in [0.5, 0.6) is 0 Å². The van der Waals surface area contributed by atoms with E-state index in [0.29, 0.717) is 13.0 Å². The van der Waals surface area contributed by atoms with Gasteiger partial charge in [0.1, 0.15) is 0 Å². The van der Waals surface area contributed by atoms with Crippen LogP contribution in [0.2, 0.25) is 0 Å². The van der Waals surface area contributed by atoms with Crippen LogP contribution < -0.4 is 11.1 Å². The second-order valence-electron chi connectivity index (χ2n) is 6.16. The molecular formula is C14H29ClN2O. The maximum absolute atomic E-state index is 11.6. The number of amides is 1. The Hall–Kier alpha value is -0.280. The molecule has 0 radical (unpaired) electrons. The maximum atomic E-state index is 11.6. The highest BCUT2D eigenvalue weighted by Gasteiger charge is 2.15. The fourth-order valence-electron chi connectivity index (χ4n) is 2.44. The standard InChI is InChI=1S/C14H28N2O.ClH/c1-14(2,15)11-16-13(17)10-6-9-12-7-4-3-5-8-12;/h12H,3-11,15H2,1-2H3,(H,16,17);1H. The van der Waals surface area contributed by atoms with E-state index >= 15 is 0 Å². The van der Waals surface area contributed by atoms with E-state index in [2.05, 4.69) is 5.32 Å². The molecule has 108 valence electrons. The number of halogens is 1. The maximum Gasteiger partial charge on any atom is 0.220 e. The van der Waals surface area contributed by atoms with Crippen molar-refractivity contribution in [2.45, 2.75) is 70.8 Å². The molecule has 18 heavy (non-hydrogen) atoms. The van der Waals surface area contributed by atoms with Crippen molar-refractivity contribution in [1.82, 2.24) is 5.32 Å². The highest BCUT2D eigenvalue weighted by atomic mass is 35.5. The minimum absolute atomic E-state index is 0. The number of carbonyl (C=O) groups excluding carboxylic acids is 1. The third-order valence-corrected chi connectivity index (χ3v) is 3.48. The lowest BCUT2D eigenvalue weighted by atomic mass is 9.86. The van der Waals surface area contributed by atoms with E-state index in [9.17, 15) is 4.79 Å². The van der Waals surface area contributed by atoms with Crippen LogP contribution in [0.15, 0.2) is 0 Å². The van der Waals surface area contributed by atoms with E-state index in [0.717, 1.165) is 12.3 Å². The van der Waals surface area contributed by atoms with E-state index < -0.39 is 0 Å². The van der Waals surface area contributed by atoms with E-state index in [1.54, 1.807) is 0 Å². The average Bonchev–Trinajstić information content (AvgIpc) is 2.27. The minimum atomic E-state index is -0.307. The monoisotopic (exact) mass is 276 g/mol. The molecule has 0 bridgehead atoms. The lowest BCUT2D eigenvalue weighted by Gasteiger charge is -2.21. The minimum Gasteiger partial charge on any atom is -0.354 e. The molecule has 1 saturated carbocycles. The first-order valence-electron chi connectivity index (χ1n) is 7.03. The van der Waals surface area contributed by atoms with Gasteiger partial charge in [-0.05, 0) is 32.6 Å². The zero-order valence-corrected chi connectivity index (χ0v) is 12.7. The fourth-order valence-corrected chi connectivity index (χ4v) is 2.44. The number of carbonyl (C=O) groups is 1. The van der Waals surface area contributed by atoms with Gasteiger partial charge < -0.3 is 11.1 Å². The molecule has 1 fully saturated rings. The van der Waals surface area contributed by atoms with Crippen molar-refractivity contribution in [3.63, 3.8) is 0 Å². The van der Waals surface area contributed by atoms with Gasteiger partial charge in [-0.3, -0.25) is 4.79 Å². The Balaban J connectivity index is 0.00000289. The molecule has 1 amide bonds. The predicted molar refractivity (Wildman–Crippen MR) is 79.0 cm³/mol. The molecule has 0 atom stereocenters. The summed E-state index contributed by atoms with van der Waals surface area (Å²) >= 11 is 0. The van der Waals surface area contributed by atoms with Crippen molar-refractivity contribution in [3.8, 4) is 0 Å². The molecule has 3 nitrogen and oxygen atoms in total. The fraction of sp³-hybridized carbons (Fsp3) is 0.929. The van der Waals surface area contributed by atoms with Gasteiger partial charge in [-0.2, -0.15) is 0 Å². The molecular weight excluding hydrogens is 248 g/mol. The Labute approximate surface area is 118 Å². The van der Waals surface area contributed by atoms with Crippen molar-refractivity contribution in [3.05, 3.63) is 0 Å². The largest absolute Gasteiger partial charge is 0.354 e. The Kier molecular flexibility index (Phi) is 8.62. The van der Waals surface area contributed by atoms with Crippen molar-refractivity contribution in [2.24, 2.45) is 11.7 Å². The molecule has 0 aromatic rings. The van der Waals surface area contributed by atoms with E-state index in [-0.39, 0.29) is 23.9 Å². The Bertz CT molecular complexity index is 232. The van der Waals surface area contributed by atoms with Gasteiger partial charge in [0.2, 0.25) is 5.91 Å². The topological polar surface area (TPSA) is 55.1 Å². The van der Waals surface area contributed by atoms with E-state index in [1.807, 2.05) is 13.8 Å². The molecule has 0 heterocycles. The molecule has 0 aromatic carbocycles. The van der Waals surface area contributed by atoms with E-state index in [4.69, 9.17) is 5.73 Å². The summed E-state index contributed by atoms with van der Waals surface area (Å²) in [6, 6.07) is 0. The van der Waals surface area contributed by atoms with Crippen LogP contribution in [0.1, 0.15) is 65.2 Å². The molecule has 0 aliphatic heterocycles. The SMILES string of the molecule is CC(C)(N)CNC(=O)CCCC1CCCCC1.Cl.